The van der Waals surface area contributed by atoms with Crippen molar-refractivity contribution in [2.24, 2.45) is 0 Å². The zero-order valence-electron chi connectivity index (χ0n) is 30.5. The van der Waals surface area contributed by atoms with E-state index >= 15 is 0 Å². The molecule has 2 amide bonds. The highest BCUT2D eigenvalue weighted by molar-refractivity contribution is 7.22. The summed E-state index contributed by atoms with van der Waals surface area (Å²) >= 11 is 1.59. The molecule has 0 spiro atoms. The molecule has 1 aromatic heterocycles. The fourth-order valence-electron chi connectivity index (χ4n) is 7.38. The molecule has 11 nitrogen and oxygen atoms in total. The molecule has 1 atom stereocenters. The van der Waals surface area contributed by atoms with Crippen LogP contribution < -0.4 is 14.2 Å². The number of carbonyl (C=O) groups is 4. The normalized spacial score (nSPS) is 17.2. The number of piperazine rings is 1. The van der Waals surface area contributed by atoms with E-state index < -0.39 is 6.04 Å². The molecule has 0 radical (unpaired) electrons. The molecular weight excluding hydrogens is 731 g/mol. The number of ether oxygens (including phenoxy) is 3. The van der Waals surface area contributed by atoms with Crippen LogP contribution in [0.3, 0.4) is 0 Å². The fraction of sp³-hybridized carbons (Fsp3) is 0.318. The van der Waals surface area contributed by atoms with Crippen LogP contribution in [0.4, 0.5) is 0 Å². The summed E-state index contributed by atoms with van der Waals surface area (Å²) in [7, 11) is 0. The maximum absolute atomic E-state index is 13.0. The molecule has 1 N–H and O–H groups in total. The van der Waals surface area contributed by atoms with Crippen LogP contribution in [-0.4, -0.2) is 95.2 Å². The lowest BCUT2D eigenvalue weighted by Gasteiger charge is -2.34. The van der Waals surface area contributed by atoms with Crippen LogP contribution in [0, 0.1) is 6.92 Å². The maximum atomic E-state index is 13.0. The van der Waals surface area contributed by atoms with Crippen molar-refractivity contribution in [1.29, 1.82) is 0 Å². The van der Waals surface area contributed by atoms with Gasteiger partial charge in [0, 0.05) is 61.3 Å². The fourth-order valence-corrected chi connectivity index (χ4v) is 8.55. The van der Waals surface area contributed by atoms with Crippen molar-refractivity contribution >= 4 is 44.8 Å². The highest BCUT2D eigenvalue weighted by Gasteiger charge is 2.39. The third-order valence-corrected chi connectivity index (χ3v) is 11.7. The number of nitrogens with zero attached hydrogens (tertiary/aromatic N) is 3. The van der Waals surface area contributed by atoms with Gasteiger partial charge in [0.05, 0.1) is 17.3 Å². The number of hydrogen-bond acceptors (Lipinski definition) is 10. The zero-order valence-corrected chi connectivity index (χ0v) is 31.3. The summed E-state index contributed by atoms with van der Waals surface area (Å²) < 4.78 is 19.3. The number of phenolic OH excluding ortho intramolecular Hbond substituents is 1. The van der Waals surface area contributed by atoms with E-state index in [1.165, 1.54) is 5.56 Å². The van der Waals surface area contributed by atoms with E-state index in [0.29, 0.717) is 49.6 Å². The molecule has 2 aliphatic heterocycles. The number of aryl methyl sites for hydroxylation is 1. The minimum Gasteiger partial charge on any atom is -0.508 e. The number of benzene rings is 4. The number of Topliss-reactive ketones (excluding diaryl/α,β-unsaturated/α-hetero) is 2. The van der Waals surface area contributed by atoms with E-state index in [4.69, 9.17) is 14.2 Å². The summed E-state index contributed by atoms with van der Waals surface area (Å²) in [6.45, 7) is 6.07. The molecule has 1 saturated carbocycles. The predicted molar refractivity (Wildman–Crippen MR) is 215 cm³/mol. The summed E-state index contributed by atoms with van der Waals surface area (Å²) in [5, 5.41) is 11.0. The summed E-state index contributed by atoms with van der Waals surface area (Å²) in [4.78, 5) is 56.7. The molecule has 4 aromatic carbocycles. The quantitative estimate of drug-likeness (QED) is 0.138. The molecule has 5 aromatic rings. The van der Waals surface area contributed by atoms with Gasteiger partial charge in [-0.05, 0) is 85.1 Å². The zero-order chi connectivity index (χ0) is 38.1. The Kier molecular flexibility index (Phi) is 11.4. The van der Waals surface area contributed by atoms with Crippen molar-refractivity contribution in [2.45, 2.75) is 46.2 Å². The molecule has 56 heavy (non-hydrogen) atoms. The average molecular weight is 776 g/mol. The largest absolute Gasteiger partial charge is 0.508 e. The van der Waals surface area contributed by atoms with Gasteiger partial charge in [0.25, 0.3) is 11.8 Å². The Balaban J connectivity index is 0.00000480. The van der Waals surface area contributed by atoms with Crippen LogP contribution in [0.5, 0.6) is 28.7 Å². The van der Waals surface area contributed by atoms with Crippen LogP contribution in [0.2, 0.25) is 0 Å². The van der Waals surface area contributed by atoms with Gasteiger partial charge in [-0.2, -0.15) is 0 Å². The number of phenols is 1. The first-order valence-corrected chi connectivity index (χ1v) is 19.3. The molecular formula is C44H45N3O8S. The number of hydrogen-bond donors (Lipinski definition) is 1. The van der Waals surface area contributed by atoms with Crippen LogP contribution in [0.25, 0.3) is 20.5 Å². The van der Waals surface area contributed by atoms with Gasteiger partial charge < -0.3 is 29.1 Å². The monoisotopic (exact) mass is 775 g/mol. The Bertz CT molecular complexity index is 2260. The second-order valence-corrected chi connectivity index (χ2v) is 15.3. The summed E-state index contributed by atoms with van der Waals surface area (Å²) in [6, 6.07) is 25.8. The van der Waals surface area contributed by atoms with Crippen LogP contribution in [0.1, 0.15) is 48.2 Å². The lowest BCUT2D eigenvalue weighted by atomic mass is 9.92. The van der Waals surface area contributed by atoms with Crippen LogP contribution in [-0.2, 0) is 20.9 Å². The van der Waals surface area contributed by atoms with Gasteiger partial charge >= 0.3 is 0 Å². The van der Waals surface area contributed by atoms with E-state index in [-0.39, 0.29) is 56.1 Å². The van der Waals surface area contributed by atoms with E-state index in [1.807, 2.05) is 30.3 Å². The highest BCUT2D eigenvalue weighted by Crippen LogP contribution is 2.47. The smallest absolute Gasteiger partial charge is 0.260 e. The van der Waals surface area contributed by atoms with Gasteiger partial charge in [0.1, 0.15) is 35.4 Å². The maximum Gasteiger partial charge on any atom is 0.260 e. The third-order valence-electron chi connectivity index (χ3n) is 10.5. The molecule has 0 unspecified atom stereocenters. The van der Waals surface area contributed by atoms with E-state index in [9.17, 15) is 24.3 Å². The van der Waals surface area contributed by atoms with Crippen molar-refractivity contribution in [2.75, 3.05) is 45.9 Å². The summed E-state index contributed by atoms with van der Waals surface area (Å²) in [5.41, 5.74) is 3.51. The minimum absolute atomic E-state index is 0. The summed E-state index contributed by atoms with van der Waals surface area (Å²) in [6.07, 6.45) is 0.550. The van der Waals surface area contributed by atoms with Gasteiger partial charge in [-0.15, -0.1) is 11.3 Å². The van der Waals surface area contributed by atoms with Gasteiger partial charge in [-0.25, -0.2) is 0 Å². The van der Waals surface area contributed by atoms with Gasteiger partial charge in [-0.3, -0.25) is 24.1 Å². The van der Waals surface area contributed by atoms with Crippen molar-refractivity contribution in [3.8, 4) is 39.2 Å². The number of ketones is 2. The first-order chi connectivity index (χ1) is 26.7. The lowest BCUT2D eigenvalue weighted by molar-refractivity contribution is -0.135. The highest BCUT2D eigenvalue weighted by atomic mass is 32.1. The van der Waals surface area contributed by atoms with Crippen molar-refractivity contribution in [1.82, 2.24) is 14.7 Å². The lowest BCUT2D eigenvalue weighted by Crippen LogP contribution is -2.50. The number of fused-ring (bicyclic) bond motifs is 2. The first kappa shape index (κ1) is 38.6. The van der Waals surface area contributed by atoms with Crippen LogP contribution in [0.15, 0.2) is 84.9 Å². The topological polar surface area (TPSA) is 126 Å². The Morgan fingerprint density at radius 3 is 2.34 bits per heavy atom. The van der Waals surface area contributed by atoms with E-state index in [0.717, 1.165) is 57.2 Å². The Labute approximate surface area is 330 Å². The predicted octanol–water partition coefficient (Wildman–Crippen LogP) is 7.26. The molecule has 8 rings (SSSR count). The molecule has 3 aliphatic rings. The Morgan fingerprint density at radius 1 is 0.857 bits per heavy atom. The molecule has 1 aliphatic carbocycles. The Hall–Kier alpha value is -5.72. The minimum atomic E-state index is -0.573. The standard InChI is InChI=1S/C43H41N3O8S.CH4/c1-27-2-4-28(5-3-27)42-41(36-13-6-31(48)24-39(36)55-42)54-33-10-8-32(9-11-33)52-21-20-44-16-18-45(19-17-44)40(50)26-53-34-12-14-35-29(22-34)25-46(43(35)51)37-15-7-30(47)23-38(37)49;/h2-6,8-14,22,24,37,48H,7,15-21,23,25-26H2,1H3;1H4/t37-;/m0./s1. The van der Waals surface area contributed by atoms with Gasteiger partial charge in [-0.1, -0.05) is 37.3 Å². The molecule has 2 fully saturated rings. The molecule has 3 heterocycles. The molecule has 12 heteroatoms. The number of rotatable bonds is 11. The second kappa shape index (κ2) is 16.6. The number of thiophene rings is 1. The van der Waals surface area contributed by atoms with E-state index in [2.05, 4.69) is 36.1 Å². The molecule has 290 valence electrons. The number of aromatic hydroxyl groups is 1. The first-order valence-electron chi connectivity index (χ1n) is 18.5. The molecule has 0 bridgehead atoms. The third kappa shape index (κ3) is 8.26. The number of carbonyl (C=O) groups excluding carboxylic acids is 4. The average Bonchev–Trinajstić information content (AvgIpc) is 3.70. The van der Waals surface area contributed by atoms with Crippen LogP contribution >= 0.6 is 11.3 Å². The van der Waals surface area contributed by atoms with Gasteiger partial charge in [0.2, 0.25) is 0 Å². The molecule has 1 saturated heterocycles. The van der Waals surface area contributed by atoms with Gasteiger partial charge in [0.15, 0.2) is 18.1 Å². The van der Waals surface area contributed by atoms with Crippen molar-refractivity contribution in [3.05, 3.63) is 102 Å². The number of amides is 2. The SMILES string of the molecule is C.Cc1ccc(-c2sc3cc(O)ccc3c2Oc2ccc(OCCN3CCN(C(=O)COc4ccc5c(c4)CN([C@H]4CCC(=O)CC4=O)C5=O)CC3)cc2)cc1. The summed E-state index contributed by atoms with van der Waals surface area (Å²) in [5.74, 6) is 2.29. The van der Waals surface area contributed by atoms with Crippen molar-refractivity contribution in [3.63, 3.8) is 0 Å². The van der Waals surface area contributed by atoms with Crippen molar-refractivity contribution < 1.29 is 38.5 Å². The Morgan fingerprint density at radius 2 is 1.59 bits per heavy atom. The van der Waals surface area contributed by atoms with E-state index in [1.54, 1.807) is 51.5 Å². The second-order valence-electron chi connectivity index (χ2n) is 14.2.